The molecule has 4 heteroatoms. The van der Waals surface area contributed by atoms with Gasteiger partial charge in [0.1, 0.15) is 17.5 Å². The summed E-state index contributed by atoms with van der Waals surface area (Å²) in [6.07, 6.45) is 5.71. The molecule has 1 fully saturated rings. The lowest BCUT2D eigenvalue weighted by Crippen LogP contribution is -2.20. The first-order valence-electron chi connectivity index (χ1n) is 8.33. The molecular formula is C17H30N4. The minimum absolute atomic E-state index is 0.454. The highest BCUT2D eigenvalue weighted by Crippen LogP contribution is 2.38. The van der Waals surface area contributed by atoms with Crippen molar-refractivity contribution in [3.8, 4) is 0 Å². The second kappa shape index (κ2) is 6.63. The number of aromatic nitrogens is 2. The summed E-state index contributed by atoms with van der Waals surface area (Å²) in [7, 11) is 0. The molecule has 0 saturated heterocycles. The van der Waals surface area contributed by atoms with Gasteiger partial charge in [-0.15, -0.1) is 0 Å². The van der Waals surface area contributed by atoms with E-state index in [1.165, 1.54) is 19.3 Å². The topological polar surface area (TPSA) is 49.8 Å². The first-order chi connectivity index (χ1) is 9.95. The monoisotopic (exact) mass is 290 g/mol. The van der Waals surface area contributed by atoms with Crippen LogP contribution in [-0.4, -0.2) is 22.6 Å². The van der Waals surface area contributed by atoms with Gasteiger partial charge in [0.05, 0.1) is 0 Å². The van der Waals surface area contributed by atoms with Gasteiger partial charge in [-0.25, -0.2) is 9.97 Å². The van der Waals surface area contributed by atoms with E-state index in [9.17, 15) is 0 Å². The number of anilines is 2. The van der Waals surface area contributed by atoms with Crippen LogP contribution in [0.2, 0.25) is 0 Å². The smallest absolute Gasteiger partial charge is 0.134 e. The van der Waals surface area contributed by atoms with E-state index in [-0.39, 0.29) is 0 Å². The normalized spacial score (nSPS) is 20.5. The summed E-state index contributed by atoms with van der Waals surface area (Å²) in [5, 5.41) is 7.09. The molecule has 1 heterocycles. The van der Waals surface area contributed by atoms with Crippen molar-refractivity contribution in [2.45, 2.75) is 72.8 Å². The van der Waals surface area contributed by atoms with Crippen molar-refractivity contribution in [1.29, 1.82) is 0 Å². The molecule has 1 aromatic heterocycles. The lowest BCUT2D eigenvalue weighted by molar-refractivity contribution is 0.378. The van der Waals surface area contributed by atoms with Crippen LogP contribution in [-0.2, 0) is 6.42 Å². The van der Waals surface area contributed by atoms with Gasteiger partial charge in [0.2, 0.25) is 0 Å². The van der Waals surface area contributed by atoms with Gasteiger partial charge >= 0.3 is 0 Å². The van der Waals surface area contributed by atoms with E-state index < -0.39 is 0 Å². The Bertz CT molecular complexity index is 482. The van der Waals surface area contributed by atoms with Crippen LogP contribution in [0.5, 0.6) is 0 Å². The molecule has 0 spiro atoms. The zero-order valence-corrected chi connectivity index (χ0v) is 14.2. The van der Waals surface area contributed by atoms with E-state index in [0.717, 1.165) is 42.4 Å². The highest BCUT2D eigenvalue weighted by Gasteiger charge is 2.31. The summed E-state index contributed by atoms with van der Waals surface area (Å²) in [5.41, 5.74) is 1.60. The Kier molecular flexibility index (Phi) is 5.07. The summed E-state index contributed by atoms with van der Waals surface area (Å²) < 4.78 is 0. The Morgan fingerprint density at radius 1 is 1.19 bits per heavy atom. The minimum atomic E-state index is 0.454. The van der Waals surface area contributed by atoms with Gasteiger partial charge in [-0.1, -0.05) is 27.7 Å². The van der Waals surface area contributed by atoms with Crippen molar-refractivity contribution in [2.75, 3.05) is 17.2 Å². The Balaban J connectivity index is 2.17. The van der Waals surface area contributed by atoms with E-state index in [0.29, 0.717) is 11.5 Å². The number of nitrogens with one attached hydrogen (secondary N) is 2. The summed E-state index contributed by atoms with van der Waals surface area (Å²) in [6, 6.07) is 0.539. The molecule has 1 aromatic rings. The van der Waals surface area contributed by atoms with Gasteiger partial charge in [-0.2, -0.15) is 0 Å². The highest BCUT2D eigenvalue weighted by molar-refractivity contribution is 5.57. The van der Waals surface area contributed by atoms with Crippen LogP contribution in [0.25, 0.3) is 0 Å². The molecule has 4 nitrogen and oxygen atoms in total. The molecule has 2 N–H and O–H groups in total. The average molecular weight is 290 g/mol. The molecule has 1 atom stereocenters. The molecule has 0 aliphatic heterocycles. The minimum Gasteiger partial charge on any atom is -0.370 e. The number of nitrogens with zero attached hydrogens (tertiary/aromatic N) is 2. The number of hydrogen-bond acceptors (Lipinski definition) is 4. The second-order valence-electron chi connectivity index (χ2n) is 6.99. The van der Waals surface area contributed by atoms with Crippen molar-refractivity contribution < 1.29 is 0 Å². The van der Waals surface area contributed by atoms with E-state index in [1.807, 2.05) is 0 Å². The van der Waals surface area contributed by atoms with Gasteiger partial charge in [0.25, 0.3) is 0 Å². The molecule has 1 unspecified atom stereocenters. The van der Waals surface area contributed by atoms with Crippen LogP contribution in [0.15, 0.2) is 0 Å². The first-order valence-corrected chi connectivity index (χ1v) is 8.33. The fraction of sp³-hybridized carbons (Fsp3) is 0.765. The Morgan fingerprint density at radius 2 is 1.90 bits per heavy atom. The summed E-state index contributed by atoms with van der Waals surface area (Å²) >= 11 is 0. The van der Waals surface area contributed by atoms with Crippen molar-refractivity contribution in [3.05, 3.63) is 11.4 Å². The highest BCUT2D eigenvalue weighted by atomic mass is 15.1. The maximum absolute atomic E-state index is 4.71. The van der Waals surface area contributed by atoms with Crippen molar-refractivity contribution in [2.24, 2.45) is 5.41 Å². The molecule has 0 amide bonds. The molecule has 0 bridgehead atoms. The maximum Gasteiger partial charge on any atom is 0.134 e. The number of aryl methyl sites for hydroxylation is 1. The molecule has 0 radical (unpaired) electrons. The third-order valence-corrected chi connectivity index (χ3v) is 4.36. The Morgan fingerprint density at radius 3 is 2.48 bits per heavy atom. The molecule has 1 aliphatic rings. The SMILES string of the molecule is CCCNc1nc(CC)nc(NC2CCC(C)(C)C2)c1C. The van der Waals surface area contributed by atoms with Crippen LogP contribution in [0, 0.1) is 12.3 Å². The lowest BCUT2D eigenvalue weighted by atomic mass is 9.92. The lowest BCUT2D eigenvalue weighted by Gasteiger charge is -2.20. The molecule has 118 valence electrons. The molecule has 21 heavy (non-hydrogen) atoms. The van der Waals surface area contributed by atoms with Crippen LogP contribution < -0.4 is 10.6 Å². The van der Waals surface area contributed by atoms with Gasteiger partial charge in [0.15, 0.2) is 0 Å². The third-order valence-electron chi connectivity index (χ3n) is 4.36. The fourth-order valence-electron chi connectivity index (χ4n) is 3.03. The van der Waals surface area contributed by atoms with Gasteiger partial charge in [-0.3, -0.25) is 0 Å². The first kappa shape index (κ1) is 16.1. The predicted octanol–water partition coefficient (Wildman–Crippen LogP) is 4.16. The number of hydrogen-bond donors (Lipinski definition) is 2. The fourth-order valence-corrected chi connectivity index (χ4v) is 3.03. The Hall–Kier alpha value is -1.32. The van der Waals surface area contributed by atoms with E-state index in [2.05, 4.69) is 50.2 Å². The summed E-state index contributed by atoms with van der Waals surface area (Å²) in [6.45, 7) is 12.1. The maximum atomic E-state index is 4.71. The molecule has 0 aromatic carbocycles. The number of rotatable bonds is 6. The van der Waals surface area contributed by atoms with Crippen molar-refractivity contribution in [1.82, 2.24) is 9.97 Å². The van der Waals surface area contributed by atoms with Gasteiger partial charge < -0.3 is 10.6 Å². The van der Waals surface area contributed by atoms with Crippen LogP contribution in [0.1, 0.15) is 64.8 Å². The van der Waals surface area contributed by atoms with Crippen molar-refractivity contribution >= 4 is 11.6 Å². The summed E-state index contributed by atoms with van der Waals surface area (Å²) in [4.78, 5) is 9.34. The largest absolute Gasteiger partial charge is 0.370 e. The van der Waals surface area contributed by atoms with E-state index in [1.54, 1.807) is 0 Å². The quantitative estimate of drug-likeness (QED) is 0.826. The van der Waals surface area contributed by atoms with Crippen LogP contribution in [0.4, 0.5) is 11.6 Å². The predicted molar refractivity (Wildman–Crippen MR) is 90.0 cm³/mol. The van der Waals surface area contributed by atoms with Crippen molar-refractivity contribution in [3.63, 3.8) is 0 Å². The Labute approximate surface area is 129 Å². The van der Waals surface area contributed by atoms with E-state index >= 15 is 0 Å². The van der Waals surface area contributed by atoms with Crippen LogP contribution >= 0.6 is 0 Å². The zero-order valence-electron chi connectivity index (χ0n) is 14.2. The summed E-state index contributed by atoms with van der Waals surface area (Å²) in [5.74, 6) is 2.92. The molecule has 1 aliphatic carbocycles. The van der Waals surface area contributed by atoms with Crippen LogP contribution in [0.3, 0.4) is 0 Å². The standard InChI is InChI=1S/C17H30N4/c1-6-10-18-15-12(3)16(21-14(7-2)20-15)19-13-8-9-17(4,5)11-13/h13H,6-11H2,1-5H3,(H2,18,19,20,21). The molecular weight excluding hydrogens is 260 g/mol. The average Bonchev–Trinajstić information content (AvgIpc) is 2.78. The van der Waals surface area contributed by atoms with Gasteiger partial charge in [0, 0.05) is 24.6 Å². The molecule has 2 rings (SSSR count). The molecule has 1 saturated carbocycles. The zero-order chi connectivity index (χ0) is 15.5. The second-order valence-corrected chi connectivity index (χ2v) is 6.99. The van der Waals surface area contributed by atoms with Gasteiger partial charge in [-0.05, 0) is 38.0 Å². The van der Waals surface area contributed by atoms with E-state index in [4.69, 9.17) is 4.98 Å². The third kappa shape index (κ3) is 4.08.